The number of aliphatic carboxylic acids is 1. The van der Waals surface area contributed by atoms with Gasteiger partial charge in [0, 0.05) is 6.92 Å². The fourth-order valence-corrected chi connectivity index (χ4v) is 1.09. The third-order valence-electron chi connectivity index (χ3n) is 1.88. The monoisotopic (exact) mass is 231 g/mol. The molecule has 0 spiro atoms. The highest BCUT2D eigenvalue weighted by molar-refractivity contribution is 5.89. The Hall–Kier alpha value is -1.63. The molecular weight excluding hydrogens is 214 g/mol. The molecule has 0 bridgehead atoms. The van der Waals surface area contributed by atoms with E-state index in [0.29, 0.717) is 0 Å². The van der Waals surface area contributed by atoms with Crippen molar-refractivity contribution in [3.05, 3.63) is 0 Å². The van der Waals surface area contributed by atoms with Gasteiger partial charge in [0.2, 0.25) is 11.8 Å². The Morgan fingerprint density at radius 3 is 2.25 bits per heavy atom. The lowest BCUT2D eigenvalue weighted by Crippen LogP contribution is -2.50. The molecule has 7 heteroatoms. The second-order valence-corrected chi connectivity index (χ2v) is 3.40. The third kappa shape index (κ3) is 5.30. The van der Waals surface area contributed by atoms with E-state index >= 15 is 0 Å². The Kier molecular flexibility index (Phi) is 6.09. The summed E-state index contributed by atoms with van der Waals surface area (Å²) in [7, 11) is 0. The summed E-state index contributed by atoms with van der Waals surface area (Å²) in [5, 5.41) is 13.4. The third-order valence-corrected chi connectivity index (χ3v) is 1.88. The van der Waals surface area contributed by atoms with Crippen molar-refractivity contribution >= 4 is 17.8 Å². The second kappa shape index (κ2) is 6.78. The molecule has 0 fully saturated rings. The van der Waals surface area contributed by atoms with Crippen molar-refractivity contribution in [1.82, 2.24) is 10.6 Å². The molecule has 0 aromatic rings. The zero-order valence-corrected chi connectivity index (χ0v) is 9.32. The molecule has 0 aromatic heterocycles. The highest BCUT2D eigenvalue weighted by Gasteiger charge is 2.22. The van der Waals surface area contributed by atoms with Gasteiger partial charge in [0.1, 0.15) is 12.1 Å². The number of carboxylic acid groups (broad SMARTS) is 1. The van der Waals surface area contributed by atoms with Gasteiger partial charge in [-0.05, 0) is 19.9 Å². The summed E-state index contributed by atoms with van der Waals surface area (Å²) in [5.41, 5.74) is 5.22. The molecular formula is C9H17N3O4. The minimum Gasteiger partial charge on any atom is -0.480 e. The lowest BCUT2D eigenvalue weighted by molar-refractivity contribution is -0.142. The highest BCUT2D eigenvalue weighted by Crippen LogP contribution is 1.92. The van der Waals surface area contributed by atoms with Crippen LogP contribution >= 0.6 is 0 Å². The summed E-state index contributed by atoms with van der Waals surface area (Å²) in [6.07, 6.45) is 0.147. The van der Waals surface area contributed by atoms with Crippen LogP contribution in [0, 0.1) is 0 Å². The van der Waals surface area contributed by atoms with E-state index in [1.54, 1.807) is 0 Å². The van der Waals surface area contributed by atoms with Gasteiger partial charge in [-0.25, -0.2) is 4.79 Å². The van der Waals surface area contributed by atoms with Crippen LogP contribution in [0.1, 0.15) is 20.3 Å². The second-order valence-electron chi connectivity index (χ2n) is 3.40. The van der Waals surface area contributed by atoms with Gasteiger partial charge in [-0.3, -0.25) is 9.59 Å². The normalized spacial score (nSPS) is 13.7. The van der Waals surface area contributed by atoms with Crippen LogP contribution in [0.25, 0.3) is 0 Å². The van der Waals surface area contributed by atoms with Crippen molar-refractivity contribution in [3.8, 4) is 0 Å². The van der Waals surface area contributed by atoms with E-state index in [2.05, 4.69) is 10.6 Å². The summed E-state index contributed by atoms with van der Waals surface area (Å²) in [5.74, 6) is -2.04. The highest BCUT2D eigenvalue weighted by atomic mass is 16.4. The number of amides is 2. The Labute approximate surface area is 93.4 Å². The SMILES string of the molecule is CC(=O)N[C@@H](C)C(=O)N[C@@H](CCN)C(=O)O. The molecule has 0 rings (SSSR count). The molecule has 0 radical (unpaired) electrons. The molecule has 16 heavy (non-hydrogen) atoms. The van der Waals surface area contributed by atoms with Gasteiger partial charge in [-0.1, -0.05) is 0 Å². The average molecular weight is 231 g/mol. The van der Waals surface area contributed by atoms with Gasteiger partial charge in [0.05, 0.1) is 0 Å². The van der Waals surface area contributed by atoms with Crippen LogP contribution < -0.4 is 16.4 Å². The van der Waals surface area contributed by atoms with Crippen molar-refractivity contribution < 1.29 is 19.5 Å². The summed E-state index contributed by atoms with van der Waals surface area (Å²) >= 11 is 0. The molecule has 0 saturated carbocycles. The summed E-state index contributed by atoms with van der Waals surface area (Å²) < 4.78 is 0. The molecule has 0 aliphatic heterocycles. The fraction of sp³-hybridized carbons (Fsp3) is 0.667. The van der Waals surface area contributed by atoms with Gasteiger partial charge >= 0.3 is 5.97 Å². The fourth-order valence-electron chi connectivity index (χ4n) is 1.09. The predicted molar refractivity (Wildman–Crippen MR) is 56.5 cm³/mol. The molecule has 0 aromatic carbocycles. The van der Waals surface area contributed by atoms with Crippen LogP contribution in [0.15, 0.2) is 0 Å². The molecule has 0 heterocycles. The quantitative estimate of drug-likeness (QED) is 0.440. The summed E-state index contributed by atoms with van der Waals surface area (Å²) in [6, 6.07) is -1.79. The molecule has 2 atom stereocenters. The number of rotatable bonds is 6. The molecule has 0 aliphatic carbocycles. The van der Waals surface area contributed by atoms with E-state index < -0.39 is 24.0 Å². The summed E-state index contributed by atoms with van der Waals surface area (Å²) in [6.45, 7) is 2.90. The van der Waals surface area contributed by atoms with E-state index in [1.807, 2.05) is 0 Å². The van der Waals surface area contributed by atoms with Crippen molar-refractivity contribution in [2.75, 3.05) is 6.54 Å². The number of nitrogens with one attached hydrogen (secondary N) is 2. The number of hydrogen-bond acceptors (Lipinski definition) is 4. The van der Waals surface area contributed by atoms with E-state index in [-0.39, 0.29) is 18.9 Å². The maximum atomic E-state index is 11.4. The first kappa shape index (κ1) is 14.4. The zero-order chi connectivity index (χ0) is 12.7. The van der Waals surface area contributed by atoms with Crippen LogP contribution in [0.5, 0.6) is 0 Å². The lowest BCUT2D eigenvalue weighted by atomic mass is 10.2. The first-order chi connectivity index (χ1) is 7.38. The number of nitrogens with two attached hydrogens (primary N) is 1. The minimum absolute atomic E-state index is 0.147. The first-order valence-electron chi connectivity index (χ1n) is 4.88. The maximum absolute atomic E-state index is 11.4. The van der Waals surface area contributed by atoms with Crippen LogP contribution in [-0.2, 0) is 14.4 Å². The Balaban J connectivity index is 4.28. The smallest absolute Gasteiger partial charge is 0.326 e. The van der Waals surface area contributed by atoms with Crippen molar-refractivity contribution in [1.29, 1.82) is 0 Å². The van der Waals surface area contributed by atoms with E-state index in [9.17, 15) is 14.4 Å². The van der Waals surface area contributed by atoms with Crippen LogP contribution in [0.3, 0.4) is 0 Å². The number of carbonyl (C=O) groups excluding carboxylic acids is 2. The molecule has 7 nitrogen and oxygen atoms in total. The van der Waals surface area contributed by atoms with Gasteiger partial charge in [0.25, 0.3) is 0 Å². The minimum atomic E-state index is -1.14. The number of carbonyl (C=O) groups is 3. The van der Waals surface area contributed by atoms with Crippen molar-refractivity contribution in [2.45, 2.75) is 32.4 Å². The van der Waals surface area contributed by atoms with Crippen LogP contribution in [0.2, 0.25) is 0 Å². The number of carboxylic acids is 1. The molecule has 92 valence electrons. The Bertz CT molecular complexity index is 280. The zero-order valence-electron chi connectivity index (χ0n) is 9.32. The van der Waals surface area contributed by atoms with Gasteiger partial charge in [0.15, 0.2) is 0 Å². The summed E-state index contributed by atoms with van der Waals surface area (Å²) in [4.78, 5) is 32.8. The van der Waals surface area contributed by atoms with E-state index in [0.717, 1.165) is 0 Å². The molecule has 5 N–H and O–H groups in total. The molecule has 2 amide bonds. The van der Waals surface area contributed by atoms with E-state index in [1.165, 1.54) is 13.8 Å². The molecule has 0 aliphatic rings. The molecule has 0 unspecified atom stereocenters. The Morgan fingerprint density at radius 1 is 1.31 bits per heavy atom. The number of hydrogen-bond donors (Lipinski definition) is 4. The predicted octanol–water partition coefficient (Wildman–Crippen LogP) is -1.57. The van der Waals surface area contributed by atoms with Gasteiger partial charge in [-0.15, -0.1) is 0 Å². The Morgan fingerprint density at radius 2 is 1.88 bits per heavy atom. The van der Waals surface area contributed by atoms with E-state index in [4.69, 9.17) is 10.8 Å². The van der Waals surface area contributed by atoms with Crippen molar-refractivity contribution in [3.63, 3.8) is 0 Å². The standard InChI is InChI=1S/C9H17N3O4/c1-5(11-6(2)13)8(14)12-7(3-4-10)9(15)16/h5,7H,3-4,10H2,1-2H3,(H,11,13)(H,12,14)(H,15,16)/t5-,7-/m0/s1. The first-order valence-corrected chi connectivity index (χ1v) is 4.88. The molecule has 0 saturated heterocycles. The topological polar surface area (TPSA) is 122 Å². The largest absolute Gasteiger partial charge is 0.480 e. The maximum Gasteiger partial charge on any atom is 0.326 e. The average Bonchev–Trinajstić information content (AvgIpc) is 2.15. The van der Waals surface area contributed by atoms with Gasteiger partial charge < -0.3 is 21.5 Å². The van der Waals surface area contributed by atoms with Gasteiger partial charge in [-0.2, -0.15) is 0 Å². The van der Waals surface area contributed by atoms with Crippen LogP contribution in [0.4, 0.5) is 0 Å². The van der Waals surface area contributed by atoms with Crippen LogP contribution in [-0.4, -0.2) is 41.5 Å². The van der Waals surface area contributed by atoms with Crippen molar-refractivity contribution in [2.24, 2.45) is 5.73 Å². The lowest BCUT2D eigenvalue weighted by Gasteiger charge is -2.17.